The van der Waals surface area contributed by atoms with Gasteiger partial charge in [-0.3, -0.25) is 0 Å². The van der Waals surface area contributed by atoms with Crippen molar-refractivity contribution in [2.45, 2.75) is 228 Å². The van der Waals surface area contributed by atoms with Crippen LogP contribution >= 0.6 is 0 Å². The minimum Gasteiger partial charge on any atom is -0.0856 e. The van der Waals surface area contributed by atoms with Crippen LogP contribution in [0.5, 0.6) is 0 Å². The van der Waals surface area contributed by atoms with Crippen molar-refractivity contribution in [2.24, 2.45) is 17.8 Å². The van der Waals surface area contributed by atoms with Crippen molar-refractivity contribution in [2.75, 3.05) is 0 Å². The first-order valence-corrected chi connectivity index (χ1v) is 19.1. The zero-order valence-corrected chi connectivity index (χ0v) is 29.3. The molecule has 0 nitrogen and oxygen atoms in total. The molecule has 0 aromatic carbocycles. The molecule has 0 heterocycles. The molecule has 0 amide bonds. The molecule has 0 saturated carbocycles. The Labute approximate surface area is 256 Å². The van der Waals surface area contributed by atoms with E-state index in [1.54, 1.807) is 5.57 Å². The van der Waals surface area contributed by atoms with Crippen molar-refractivity contribution in [3.63, 3.8) is 0 Å². The van der Waals surface area contributed by atoms with E-state index < -0.39 is 0 Å². The standard InChI is InChI=1S/C40H80/c1-7-8-9-10-11-12-13-14-15-16-17-18-19-20-21-22-23-24-25-26-31-38(4)33-28-35-40(6)36-29-34-39(5)32-27-30-37(2)3/h31,37,39-40H,7-30,32-36H2,1-6H3/b38-31+/t39-,40+/m1/s1. The van der Waals surface area contributed by atoms with Gasteiger partial charge in [0.2, 0.25) is 0 Å². The molecule has 40 heavy (non-hydrogen) atoms. The summed E-state index contributed by atoms with van der Waals surface area (Å²) in [5.41, 5.74) is 1.65. The summed E-state index contributed by atoms with van der Waals surface area (Å²) in [7, 11) is 0. The van der Waals surface area contributed by atoms with Gasteiger partial charge in [-0.15, -0.1) is 0 Å². The highest BCUT2D eigenvalue weighted by Crippen LogP contribution is 2.22. The monoisotopic (exact) mass is 561 g/mol. The highest BCUT2D eigenvalue weighted by molar-refractivity contribution is 4.97. The molecule has 0 spiro atoms. The molecule has 0 N–H and O–H groups in total. The van der Waals surface area contributed by atoms with Crippen molar-refractivity contribution >= 4 is 0 Å². The number of allylic oxidation sites excluding steroid dienone is 2. The van der Waals surface area contributed by atoms with Gasteiger partial charge in [-0.05, 0) is 50.4 Å². The van der Waals surface area contributed by atoms with Crippen LogP contribution in [0, 0.1) is 17.8 Å². The fourth-order valence-electron chi connectivity index (χ4n) is 6.38. The number of rotatable bonds is 32. The molecule has 0 aliphatic rings. The topological polar surface area (TPSA) is 0 Å². The van der Waals surface area contributed by atoms with Gasteiger partial charge < -0.3 is 0 Å². The minimum atomic E-state index is 0.873. The van der Waals surface area contributed by atoms with Gasteiger partial charge in [0.15, 0.2) is 0 Å². The van der Waals surface area contributed by atoms with Gasteiger partial charge in [-0.25, -0.2) is 0 Å². The second kappa shape index (κ2) is 31.7. The lowest BCUT2D eigenvalue weighted by Crippen LogP contribution is -2.00. The normalized spacial score (nSPS) is 13.8. The summed E-state index contributed by atoms with van der Waals surface area (Å²) in [6, 6.07) is 0. The lowest BCUT2D eigenvalue weighted by molar-refractivity contribution is 0.389. The van der Waals surface area contributed by atoms with E-state index in [0.29, 0.717) is 0 Å². The summed E-state index contributed by atoms with van der Waals surface area (Å²) >= 11 is 0. The van der Waals surface area contributed by atoms with Crippen molar-refractivity contribution in [3.05, 3.63) is 11.6 Å². The fourth-order valence-corrected chi connectivity index (χ4v) is 6.38. The van der Waals surface area contributed by atoms with Crippen molar-refractivity contribution in [1.82, 2.24) is 0 Å². The Morgan fingerprint density at radius 3 is 1.18 bits per heavy atom. The van der Waals surface area contributed by atoms with Gasteiger partial charge in [-0.2, -0.15) is 0 Å². The Balaban J connectivity index is 3.37. The summed E-state index contributed by atoms with van der Waals surface area (Å²) in [4.78, 5) is 0. The van der Waals surface area contributed by atoms with E-state index in [9.17, 15) is 0 Å². The van der Waals surface area contributed by atoms with Crippen molar-refractivity contribution in [1.29, 1.82) is 0 Å². The highest BCUT2D eigenvalue weighted by atomic mass is 14.1. The summed E-state index contributed by atoms with van der Waals surface area (Å²) in [6.45, 7) is 14.3. The maximum atomic E-state index is 2.55. The van der Waals surface area contributed by atoms with Crippen LogP contribution < -0.4 is 0 Å². The average molecular weight is 561 g/mol. The summed E-state index contributed by atoms with van der Waals surface area (Å²) in [5, 5.41) is 0. The van der Waals surface area contributed by atoms with Gasteiger partial charge in [-0.1, -0.05) is 207 Å². The van der Waals surface area contributed by atoms with Crippen LogP contribution in [0.4, 0.5) is 0 Å². The predicted molar refractivity (Wildman–Crippen MR) is 186 cm³/mol. The molecule has 0 aliphatic carbocycles. The Morgan fingerprint density at radius 2 is 0.775 bits per heavy atom. The van der Waals surface area contributed by atoms with Crippen molar-refractivity contribution in [3.8, 4) is 0 Å². The second-order valence-corrected chi connectivity index (χ2v) is 14.6. The maximum Gasteiger partial charge on any atom is -0.0323 e. The first kappa shape index (κ1) is 39.7. The van der Waals surface area contributed by atoms with Gasteiger partial charge in [0.1, 0.15) is 0 Å². The third-order valence-electron chi connectivity index (χ3n) is 9.44. The summed E-state index contributed by atoms with van der Waals surface area (Å²) in [6.07, 6.45) is 44.5. The first-order valence-electron chi connectivity index (χ1n) is 19.1. The molecule has 0 fully saturated rings. The SMILES string of the molecule is CCCCCCCCCCCCCCCCCCCCC/C=C(\C)CCC[C@H](C)CCC[C@H](C)CCCC(C)C. The molecular weight excluding hydrogens is 480 g/mol. The molecule has 0 aromatic heterocycles. The van der Waals surface area contributed by atoms with Crippen LogP contribution in [-0.4, -0.2) is 0 Å². The van der Waals surface area contributed by atoms with Gasteiger partial charge in [0.05, 0.1) is 0 Å². The Kier molecular flexibility index (Phi) is 31.5. The fraction of sp³-hybridized carbons (Fsp3) is 0.950. The quantitative estimate of drug-likeness (QED) is 0.0567. The lowest BCUT2D eigenvalue weighted by Gasteiger charge is -2.15. The molecule has 240 valence electrons. The first-order chi connectivity index (χ1) is 19.5. The van der Waals surface area contributed by atoms with Gasteiger partial charge in [0, 0.05) is 0 Å². The van der Waals surface area contributed by atoms with E-state index in [1.807, 2.05) is 0 Å². The summed E-state index contributed by atoms with van der Waals surface area (Å²) < 4.78 is 0. The zero-order valence-electron chi connectivity index (χ0n) is 29.3. The number of hydrogen-bond acceptors (Lipinski definition) is 0. The van der Waals surface area contributed by atoms with Crippen LogP contribution in [0.3, 0.4) is 0 Å². The Hall–Kier alpha value is -0.260. The molecule has 0 rings (SSSR count). The van der Waals surface area contributed by atoms with Crippen LogP contribution in [-0.2, 0) is 0 Å². The van der Waals surface area contributed by atoms with E-state index in [0.717, 1.165) is 17.8 Å². The maximum absolute atomic E-state index is 2.55. The van der Waals surface area contributed by atoms with E-state index in [2.05, 4.69) is 47.6 Å². The third-order valence-corrected chi connectivity index (χ3v) is 9.44. The lowest BCUT2D eigenvalue weighted by atomic mass is 9.91. The summed E-state index contributed by atoms with van der Waals surface area (Å²) in [5.74, 6) is 2.72. The molecule has 0 unspecified atom stereocenters. The molecule has 0 bridgehead atoms. The van der Waals surface area contributed by atoms with E-state index >= 15 is 0 Å². The molecule has 0 aromatic rings. The molecular formula is C40H80. The van der Waals surface area contributed by atoms with Gasteiger partial charge in [0.25, 0.3) is 0 Å². The van der Waals surface area contributed by atoms with Crippen LogP contribution in [0.25, 0.3) is 0 Å². The van der Waals surface area contributed by atoms with Crippen LogP contribution in [0.15, 0.2) is 11.6 Å². The van der Waals surface area contributed by atoms with E-state index in [-0.39, 0.29) is 0 Å². The Morgan fingerprint density at radius 1 is 0.425 bits per heavy atom. The average Bonchev–Trinajstić information content (AvgIpc) is 2.91. The van der Waals surface area contributed by atoms with E-state index in [4.69, 9.17) is 0 Å². The minimum absolute atomic E-state index is 0.873. The van der Waals surface area contributed by atoms with E-state index in [1.165, 1.54) is 186 Å². The molecule has 0 aliphatic heterocycles. The van der Waals surface area contributed by atoms with Crippen LogP contribution in [0.2, 0.25) is 0 Å². The zero-order chi connectivity index (χ0) is 29.5. The molecule has 2 atom stereocenters. The highest BCUT2D eigenvalue weighted by Gasteiger charge is 2.07. The smallest absolute Gasteiger partial charge is 0.0323 e. The second-order valence-electron chi connectivity index (χ2n) is 14.6. The number of hydrogen-bond donors (Lipinski definition) is 0. The Bertz CT molecular complexity index is 500. The van der Waals surface area contributed by atoms with Gasteiger partial charge >= 0.3 is 0 Å². The van der Waals surface area contributed by atoms with Crippen LogP contribution in [0.1, 0.15) is 228 Å². The number of unbranched alkanes of at least 4 members (excludes halogenated alkanes) is 19. The predicted octanol–water partition coefficient (Wildman–Crippen LogP) is 15.2. The van der Waals surface area contributed by atoms with Crippen molar-refractivity contribution < 1.29 is 0 Å². The molecule has 0 radical (unpaired) electrons. The third kappa shape index (κ3) is 32.3. The largest absolute Gasteiger partial charge is 0.0856 e. The molecule has 0 heteroatoms. The molecule has 0 saturated heterocycles.